The molecule has 116 valence electrons. The molecule has 1 amide bonds. The first-order valence-electron chi connectivity index (χ1n) is 7.63. The quantitative estimate of drug-likeness (QED) is 0.877. The second-order valence-electron chi connectivity index (χ2n) is 5.60. The lowest BCUT2D eigenvalue weighted by Crippen LogP contribution is -2.42. The molecule has 0 aromatic heterocycles. The number of aromatic hydroxyl groups is 1. The van der Waals surface area contributed by atoms with E-state index in [0.29, 0.717) is 19.5 Å². The number of hydrogen-bond donors (Lipinski definition) is 2. The molecule has 21 heavy (non-hydrogen) atoms. The van der Waals surface area contributed by atoms with Crippen molar-refractivity contribution in [3.63, 3.8) is 0 Å². The number of hydrogen-bond acceptors (Lipinski definition) is 3. The minimum absolute atomic E-state index is 0.0235. The van der Waals surface area contributed by atoms with Crippen molar-refractivity contribution in [1.82, 2.24) is 4.90 Å². The van der Waals surface area contributed by atoms with Gasteiger partial charge in [0, 0.05) is 18.7 Å². The van der Waals surface area contributed by atoms with Gasteiger partial charge in [0.1, 0.15) is 11.6 Å². The Hall–Kier alpha value is -1.62. The molecule has 1 aliphatic carbocycles. The fourth-order valence-electron chi connectivity index (χ4n) is 2.94. The molecule has 0 atom stereocenters. The van der Waals surface area contributed by atoms with Crippen LogP contribution in [0.4, 0.5) is 4.39 Å². The van der Waals surface area contributed by atoms with E-state index in [1.54, 1.807) is 4.90 Å². The minimum atomic E-state index is -0.673. The summed E-state index contributed by atoms with van der Waals surface area (Å²) >= 11 is 0. The van der Waals surface area contributed by atoms with E-state index >= 15 is 0 Å². The predicted octanol–water partition coefficient (Wildman–Crippen LogP) is 2.66. The van der Waals surface area contributed by atoms with Gasteiger partial charge in [-0.2, -0.15) is 0 Å². The van der Waals surface area contributed by atoms with Crippen LogP contribution in [0.25, 0.3) is 0 Å². The van der Waals surface area contributed by atoms with Gasteiger partial charge in [-0.05, 0) is 37.9 Å². The molecule has 0 bridgehead atoms. The number of benzene rings is 1. The second-order valence-corrected chi connectivity index (χ2v) is 5.60. The molecule has 0 spiro atoms. The van der Waals surface area contributed by atoms with Crippen LogP contribution in [0, 0.1) is 5.82 Å². The summed E-state index contributed by atoms with van der Waals surface area (Å²) < 4.78 is 13.9. The van der Waals surface area contributed by atoms with Crippen molar-refractivity contribution in [1.29, 1.82) is 0 Å². The van der Waals surface area contributed by atoms with Crippen LogP contribution in [0.5, 0.6) is 5.75 Å². The Balaban J connectivity index is 2.19. The van der Waals surface area contributed by atoms with Crippen LogP contribution in [-0.2, 0) is 0 Å². The average molecular weight is 294 g/mol. The molecular formula is C16H23FN2O2. The molecule has 5 heteroatoms. The summed E-state index contributed by atoms with van der Waals surface area (Å²) in [5.74, 6) is -1.14. The Bertz CT molecular complexity index is 487. The fourth-order valence-corrected chi connectivity index (χ4v) is 2.94. The number of phenolic OH excluding ortho intramolecular Hbond substituents is 1. The largest absolute Gasteiger partial charge is 0.508 e. The highest BCUT2D eigenvalue weighted by Gasteiger charge is 2.27. The number of carbonyl (C=O) groups excluding carboxylic acids is 1. The molecule has 1 fully saturated rings. The lowest BCUT2D eigenvalue weighted by atomic mass is 9.93. The van der Waals surface area contributed by atoms with Gasteiger partial charge in [0.05, 0.1) is 5.56 Å². The normalized spacial score (nSPS) is 15.9. The van der Waals surface area contributed by atoms with Crippen LogP contribution < -0.4 is 5.73 Å². The van der Waals surface area contributed by atoms with Gasteiger partial charge in [-0.1, -0.05) is 19.3 Å². The number of rotatable bonds is 5. The number of nitrogens with zero attached hydrogens (tertiary/aromatic N) is 1. The van der Waals surface area contributed by atoms with Gasteiger partial charge in [-0.15, -0.1) is 0 Å². The topological polar surface area (TPSA) is 66.6 Å². The number of amides is 1. The molecule has 3 N–H and O–H groups in total. The number of nitrogens with two attached hydrogens (primary N) is 1. The van der Waals surface area contributed by atoms with Crippen molar-refractivity contribution < 1.29 is 14.3 Å². The SMILES string of the molecule is NCCCN(C(=O)c1ccc(O)cc1F)C1CCCCC1. The standard InChI is InChI=1S/C16H23FN2O2/c17-15-11-13(20)7-8-14(15)16(21)19(10-4-9-18)12-5-2-1-3-6-12/h7-8,11-12,20H,1-6,9-10,18H2. The molecule has 0 aliphatic heterocycles. The maximum atomic E-state index is 13.9. The van der Waals surface area contributed by atoms with Gasteiger partial charge >= 0.3 is 0 Å². The first kappa shape index (κ1) is 15.8. The highest BCUT2D eigenvalue weighted by molar-refractivity contribution is 5.94. The summed E-state index contributed by atoms with van der Waals surface area (Å²) in [6.07, 6.45) is 6.06. The summed E-state index contributed by atoms with van der Waals surface area (Å²) in [5.41, 5.74) is 5.57. The maximum Gasteiger partial charge on any atom is 0.257 e. The highest BCUT2D eigenvalue weighted by Crippen LogP contribution is 2.25. The summed E-state index contributed by atoms with van der Waals surface area (Å²) in [5, 5.41) is 9.27. The van der Waals surface area contributed by atoms with Gasteiger partial charge < -0.3 is 15.7 Å². The molecule has 4 nitrogen and oxygen atoms in total. The van der Waals surface area contributed by atoms with Crippen LogP contribution in [0.1, 0.15) is 48.9 Å². The Morgan fingerprint density at radius 2 is 2.05 bits per heavy atom. The molecule has 2 rings (SSSR count). The van der Waals surface area contributed by atoms with Crippen molar-refractivity contribution in [3.05, 3.63) is 29.6 Å². The zero-order chi connectivity index (χ0) is 15.2. The lowest BCUT2D eigenvalue weighted by molar-refractivity contribution is 0.0628. The smallest absolute Gasteiger partial charge is 0.257 e. The van der Waals surface area contributed by atoms with Crippen molar-refractivity contribution in [2.45, 2.75) is 44.6 Å². The minimum Gasteiger partial charge on any atom is -0.508 e. The molecule has 0 unspecified atom stereocenters. The highest BCUT2D eigenvalue weighted by atomic mass is 19.1. The van der Waals surface area contributed by atoms with E-state index < -0.39 is 5.82 Å². The third kappa shape index (κ3) is 3.94. The van der Waals surface area contributed by atoms with Gasteiger partial charge in [-0.3, -0.25) is 4.79 Å². The van der Waals surface area contributed by atoms with Gasteiger partial charge in [0.15, 0.2) is 0 Å². The van der Waals surface area contributed by atoms with E-state index in [0.717, 1.165) is 31.7 Å². The molecule has 0 heterocycles. The monoisotopic (exact) mass is 294 g/mol. The number of carbonyl (C=O) groups is 1. The van der Waals surface area contributed by atoms with Gasteiger partial charge in [-0.25, -0.2) is 4.39 Å². The number of halogens is 1. The Morgan fingerprint density at radius 3 is 2.67 bits per heavy atom. The number of phenols is 1. The third-order valence-corrected chi connectivity index (χ3v) is 4.06. The Labute approximate surface area is 124 Å². The van der Waals surface area contributed by atoms with Crippen LogP contribution in [-0.4, -0.2) is 35.0 Å². The lowest BCUT2D eigenvalue weighted by Gasteiger charge is -2.34. The summed E-state index contributed by atoms with van der Waals surface area (Å²) in [7, 11) is 0. The molecule has 1 aliphatic rings. The van der Waals surface area contributed by atoms with E-state index in [2.05, 4.69) is 0 Å². The molecule has 0 radical (unpaired) electrons. The first-order valence-corrected chi connectivity index (χ1v) is 7.63. The summed E-state index contributed by atoms with van der Waals surface area (Å²) in [4.78, 5) is 14.4. The van der Waals surface area contributed by atoms with E-state index in [4.69, 9.17) is 5.73 Å². The zero-order valence-electron chi connectivity index (χ0n) is 12.2. The summed E-state index contributed by atoms with van der Waals surface area (Å²) in [6.45, 7) is 1.06. The van der Waals surface area contributed by atoms with E-state index in [1.807, 2.05) is 0 Å². The van der Waals surface area contributed by atoms with Gasteiger partial charge in [0.2, 0.25) is 0 Å². The maximum absolute atomic E-state index is 13.9. The fraction of sp³-hybridized carbons (Fsp3) is 0.562. The molecular weight excluding hydrogens is 271 g/mol. The Morgan fingerprint density at radius 1 is 1.33 bits per heavy atom. The zero-order valence-corrected chi connectivity index (χ0v) is 12.2. The Kier molecular flexibility index (Phi) is 5.56. The van der Waals surface area contributed by atoms with Gasteiger partial charge in [0.25, 0.3) is 5.91 Å². The molecule has 0 saturated heterocycles. The third-order valence-electron chi connectivity index (χ3n) is 4.06. The van der Waals surface area contributed by atoms with Crippen LogP contribution in [0.2, 0.25) is 0 Å². The summed E-state index contributed by atoms with van der Waals surface area (Å²) in [6, 6.07) is 3.85. The predicted molar refractivity (Wildman–Crippen MR) is 79.6 cm³/mol. The van der Waals surface area contributed by atoms with Crippen molar-refractivity contribution in [2.75, 3.05) is 13.1 Å². The molecule has 1 aromatic carbocycles. The second kappa shape index (κ2) is 7.41. The van der Waals surface area contributed by atoms with Crippen LogP contribution in [0.15, 0.2) is 18.2 Å². The van der Waals surface area contributed by atoms with Crippen molar-refractivity contribution in [2.24, 2.45) is 5.73 Å². The molecule has 1 saturated carbocycles. The van der Waals surface area contributed by atoms with E-state index in [1.165, 1.54) is 18.6 Å². The average Bonchev–Trinajstić information content (AvgIpc) is 2.48. The molecule has 1 aromatic rings. The van der Waals surface area contributed by atoms with Crippen molar-refractivity contribution >= 4 is 5.91 Å². The van der Waals surface area contributed by atoms with Crippen molar-refractivity contribution in [3.8, 4) is 5.75 Å². The van der Waals surface area contributed by atoms with E-state index in [-0.39, 0.29) is 23.3 Å². The first-order chi connectivity index (χ1) is 10.1. The van der Waals surface area contributed by atoms with E-state index in [9.17, 15) is 14.3 Å². The van der Waals surface area contributed by atoms with Crippen LogP contribution in [0.3, 0.4) is 0 Å². The van der Waals surface area contributed by atoms with Crippen LogP contribution >= 0.6 is 0 Å².